The fourth-order valence-corrected chi connectivity index (χ4v) is 10.8. The summed E-state index contributed by atoms with van der Waals surface area (Å²) in [6, 6.07) is 13.8. The Morgan fingerprint density at radius 2 is 1.40 bits per heavy atom. The number of ketones is 3. The van der Waals surface area contributed by atoms with E-state index in [0.717, 1.165) is 16.3 Å². The molecule has 4 rings (SSSR count). The van der Waals surface area contributed by atoms with Gasteiger partial charge in [0.2, 0.25) is 23.6 Å². The van der Waals surface area contributed by atoms with Gasteiger partial charge in [0, 0.05) is 60.9 Å². The third kappa shape index (κ3) is 16.7. The predicted molar refractivity (Wildman–Crippen MR) is 272 cm³/mol. The van der Waals surface area contributed by atoms with Crippen LogP contribution in [0.3, 0.4) is 0 Å². The van der Waals surface area contributed by atoms with Crippen LogP contribution in [-0.4, -0.2) is 130 Å². The summed E-state index contributed by atoms with van der Waals surface area (Å²) in [7, 11) is 4.17. The van der Waals surface area contributed by atoms with Crippen molar-refractivity contribution in [3.8, 4) is 5.75 Å². The molecule has 0 saturated carbocycles. The van der Waals surface area contributed by atoms with Crippen molar-refractivity contribution in [2.24, 2.45) is 5.73 Å². The van der Waals surface area contributed by atoms with Crippen LogP contribution < -0.4 is 37.1 Å². The van der Waals surface area contributed by atoms with E-state index in [9.17, 15) is 43.5 Å². The van der Waals surface area contributed by atoms with Crippen LogP contribution in [0, 0.1) is 0 Å². The van der Waals surface area contributed by atoms with Crippen LogP contribution in [-0.2, 0) is 55.9 Å². The lowest BCUT2D eigenvalue weighted by Crippen LogP contribution is -2.64. The molecule has 1 aliphatic rings. The zero-order valence-corrected chi connectivity index (χ0v) is 43.2. The van der Waals surface area contributed by atoms with E-state index in [1.807, 2.05) is 56.3 Å². The Bertz CT molecular complexity index is 2340. The molecule has 1 unspecified atom stereocenters. The first kappa shape index (κ1) is 57.4. The summed E-state index contributed by atoms with van der Waals surface area (Å²) in [5.41, 5.74) is 7.22. The quantitative estimate of drug-likeness (QED) is 0.0426. The number of methoxy groups -OCH3 is 1. The third-order valence-corrected chi connectivity index (χ3v) is 16.6. The Balaban J connectivity index is 1.56. The highest BCUT2D eigenvalue weighted by molar-refractivity contribution is 8.77. The molecule has 0 spiro atoms. The molecule has 1 heterocycles. The van der Waals surface area contributed by atoms with Gasteiger partial charge in [-0.3, -0.25) is 38.9 Å². The van der Waals surface area contributed by atoms with Crippen molar-refractivity contribution >= 4 is 79.6 Å². The standard InChI is InChI=1S/C51H70N6O11S2/c1-30(59)24-39(47(65)56-44(31(2)60)32(3)61)54-43(63)28-49(5,6)69-70-50(7,8)45(52)42(29-58)53-40(26-34-15-18-38(67-9)19-16-34)46(64)55-41(27-35-14-17-36-12-10-11-13-37(36)25-35)48(66)57-51(33(4)62)20-22-68-23-21-51/h10-19,25,29,31,39-42,44-45,53,60H,20-24,26-28,52H2,1-9H3,(H,54,63)(H,55,64)(H,56,65)(H,57,66)/t31-,39+,40+,41+,42?,44+,45-/m1/s1. The van der Waals surface area contributed by atoms with Gasteiger partial charge in [-0.1, -0.05) is 76.2 Å². The molecule has 3 aromatic rings. The van der Waals surface area contributed by atoms with Gasteiger partial charge in [0.15, 0.2) is 11.6 Å². The summed E-state index contributed by atoms with van der Waals surface area (Å²) in [4.78, 5) is 106. The molecule has 4 amide bonds. The number of ether oxygens (including phenoxy) is 2. The molecule has 0 bridgehead atoms. The SMILES string of the molecule is COc1ccc(C[C@H](NC(C=O)[C@@H](N)C(C)(C)SSC(C)(C)CC(=O)N[C@@H](CC(C)=O)C(=O)N[C@H](C(C)=O)[C@@H](C)O)C(=O)N[C@@H](Cc2ccc3ccccc3c2)C(=O)NC2(C(C)=O)CCOCC2)cc1. The number of hydrogen-bond acceptors (Lipinski definition) is 15. The summed E-state index contributed by atoms with van der Waals surface area (Å²) >= 11 is 0. The monoisotopic (exact) mass is 1010 g/mol. The summed E-state index contributed by atoms with van der Waals surface area (Å²) in [5.74, 6) is -2.97. The highest BCUT2D eigenvalue weighted by Gasteiger charge is 2.42. The minimum absolute atomic E-state index is 0.0769. The number of Topliss-reactive ketones (excluding diaryl/α,β-unsaturated/α-hetero) is 3. The van der Waals surface area contributed by atoms with E-state index >= 15 is 0 Å². The second-order valence-corrected chi connectivity index (χ2v) is 22.7. The lowest BCUT2D eigenvalue weighted by Gasteiger charge is -2.38. The third-order valence-electron chi connectivity index (χ3n) is 12.3. The molecule has 0 aromatic heterocycles. The van der Waals surface area contributed by atoms with E-state index < -0.39 is 86.8 Å². The Labute approximate surface area is 418 Å². The van der Waals surface area contributed by atoms with Crippen molar-refractivity contribution in [3.05, 3.63) is 77.9 Å². The summed E-state index contributed by atoms with van der Waals surface area (Å²) < 4.78 is 9.19. The van der Waals surface area contributed by atoms with Gasteiger partial charge in [-0.2, -0.15) is 0 Å². The molecule has 1 fully saturated rings. The van der Waals surface area contributed by atoms with Gasteiger partial charge in [-0.15, -0.1) is 0 Å². The first-order valence-corrected chi connectivity index (χ1v) is 25.5. The minimum Gasteiger partial charge on any atom is -0.497 e. The number of aliphatic hydroxyl groups is 1. The molecule has 382 valence electrons. The molecule has 1 saturated heterocycles. The fraction of sp³-hybridized carbons (Fsp3) is 0.529. The number of rotatable bonds is 27. The van der Waals surface area contributed by atoms with Gasteiger partial charge < -0.3 is 46.4 Å². The molecular formula is C51H70N6O11S2. The highest BCUT2D eigenvalue weighted by Crippen LogP contribution is 2.46. The van der Waals surface area contributed by atoms with E-state index in [1.54, 1.807) is 38.1 Å². The van der Waals surface area contributed by atoms with Crippen molar-refractivity contribution in [3.63, 3.8) is 0 Å². The van der Waals surface area contributed by atoms with Crippen LogP contribution in [0.1, 0.15) is 92.2 Å². The Morgan fingerprint density at radius 1 is 0.800 bits per heavy atom. The fourth-order valence-electron chi connectivity index (χ4n) is 8.06. The molecule has 8 N–H and O–H groups in total. The lowest BCUT2D eigenvalue weighted by atomic mass is 9.85. The first-order valence-electron chi connectivity index (χ1n) is 23.3. The van der Waals surface area contributed by atoms with E-state index in [4.69, 9.17) is 15.2 Å². The number of benzene rings is 3. The topological polar surface area (TPSA) is 261 Å². The summed E-state index contributed by atoms with van der Waals surface area (Å²) in [5, 5.41) is 26.1. The van der Waals surface area contributed by atoms with Crippen molar-refractivity contribution in [1.82, 2.24) is 26.6 Å². The predicted octanol–water partition coefficient (Wildman–Crippen LogP) is 3.47. The van der Waals surface area contributed by atoms with Crippen molar-refractivity contribution in [2.45, 2.75) is 151 Å². The first-order chi connectivity index (χ1) is 32.9. The molecule has 17 nitrogen and oxygen atoms in total. The number of nitrogens with one attached hydrogen (secondary N) is 5. The molecule has 70 heavy (non-hydrogen) atoms. The van der Waals surface area contributed by atoms with Gasteiger partial charge in [0.05, 0.1) is 25.3 Å². The van der Waals surface area contributed by atoms with E-state index in [0.29, 0.717) is 17.6 Å². The molecule has 7 atom stereocenters. The van der Waals surface area contributed by atoms with Crippen LogP contribution in [0.4, 0.5) is 0 Å². The van der Waals surface area contributed by atoms with Crippen molar-refractivity contribution < 1.29 is 52.9 Å². The van der Waals surface area contributed by atoms with Gasteiger partial charge in [-0.25, -0.2) is 0 Å². The highest BCUT2D eigenvalue weighted by atomic mass is 33.1. The van der Waals surface area contributed by atoms with Crippen LogP contribution >= 0.6 is 21.6 Å². The molecular weight excluding hydrogens is 937 g/mol. The molecule has 0 radical (unpaired) electrons. The zero-order chi connectivity index (χ0) is 52.0. The normalized spacial score (nSPS) is 16.8. The average molecular weight is 1010 g/mol. The Kier molecular flexibility index (Phi) is 21.1. The maximum absolute atomic E-state index is 14.7. The van der Waals surface area contributed by atoms with Crippen molar-refractivity contribution in [2.75, 3.05) is 20.3 Å². The second kappa shape index (κ2) is 25.8. The van der Waals surface area contributed by atoms with Crippen LogP contribution in [0.25, 0.3) is 10.8 Å². The van der Waals surface area contributed by atoms with Gasteiger partial charge in [-0.05, 0) is 95.8 Å². The summed E-state index contributed by atoms with van der Waals surface area (Å²) in [6.45, 7) is 13.1. The maximum atomic E-state index is 14.7. The number of amides is 4. The Hall–Kier alpha value is -5.18. The molecule has 0 aliphatic carbocycles. The number of carbonyl (C=O) groups is 8. The van der Waals surface area contributed by atoms with E-state index in [1.165, 1.54) is 56.4 Å². The zero-order valence-electron chi connectivity index (χ0n) is 41.6. The van der Waals surface area contributed by atoms with E-state index in [-0.39, 0.29) is 63.3 Å². The van der Waals surface area contributed by atoms with Crippen LogP contribution in [0.5, 0.6) is 5.75 Å². The largest absolute Gasteiger partial charge is 0.497 e. The summed E-state index contributed by atoms with van der Waals surface area (Å²) in [6.07, 6.45) is -0.301. The van der Waals surface area contributed by atoms with Gasteiger partial charge in [0.25, 0.3) is 0 Å². The number of aliphatic hydroxyl groups excluding tert-OH is 1. The molecule has 19 heteroatoms. The lowest BCUT2D eigenvalue weighted by molar-refractivity contribution is -0.137. The molecule has 3 aromatic carbocycles. The van der Waals surface area contributed by atoms with Crippen LogP contribution in [0.2, 0.25) is 0 Å². The minimum atomic E-state index is -1.29. The number of aldehydes is 1. The number of hydrogen-bond donors (Lipinski definition) is 7. The van der Waals surface area contributed by atoms with Gasteiger partial charge in [0.1, 0.15) is 41.5 Å². The second-order valence-electron chi connectivity index (χ2n) is 19.2. The smallest absolute Gasteiger partial charge is 0.243 e. The average Bonchev–Trinajstić information content (AvgIpc) is 3.30. The van der Waals surface area contributed by atoms with Crippen LogP contribution in [0.15, 0.2) is 66.7 Å². The van der Waals surface area contributed by atoms with Crippen molar-refractivity contribution in [1.29, 1.82) is 0 Å². The number of carbonyl (C=O) groups excluding carboxylic acids is 8. The number of nitrogens with two attached hydrogens (primary N) is 1. The maximum Gasteiger partial charge on any atom is 0.243 e. The van der Waals surface area contributed by atoms with E-state index in [2.05, 4.69) is 26.6 Å². The van der Waals surface area contributed by atoms with Gasteiger partial charge >= 0.3 is 0 Å². The molecule has 1 aliphatic heterocycles. The number of fused-ring (bicyclic) bond motifs is 1. The Morgan fingerprint density at radius 3 is 1.97 bits per heavy atom.